The molecule has 4 heteroatoms. The second-order valence-electron chi connectivity index (χ2n) is 5.43. The number of aromatic nitrogens is 1. The highest BCUT2D eigenvalue weighted by Gasteiger charge is 2.14. The lowest BCUT2D eigenvalue weighted by Gasteiger charge is -2.20. The van der Waals surface area contributed by atoms with Gasteiger partial charge in [-0.1, -0.05) is 13.0 Å². The summed E-state index contributed by atoms with van der Waals surface area (Å²) in [5, 5.41) is 6.67. The molecule has 2 heterocycles. The van der Waals surface area contributed by atoms with Crippen LogP contribution >= 0.6 is 0 Å². The van der Waals surface area contributed by atoms with Crippen molar-refractivity contribution in [2.24, 2.45) is 5.92 Å². The second kappa shape index (κ2) is 7.34. The average molecular weight is 262 g/mol. The molecule has 1 fully saturated rings. The highest BCUT2D eigenvalue weighted by atomic mass is 15.1. The van der Waals surface area contributed by atoms with E-state index >= 15 is 0 Å². The predicted molar refractivity (Wildman–Crippen MR) is 81.7 cm³/mol. The number of hydrogen-bond donors (Lipinski definition) is 2. The average Bonchev–Trinajstić information content (AvgIpc) is 2.90. The van der Waals surface area contributed by atoms with Crippen molar-refractivity contribution in [2.45, 2.75) is 26.7 Å². The van der Waals surface area contributed by atoms with Gasteiger partial charge in [-0.3, -0.25) is 0 Å². The van der Waals surface area contributed by atoms with Gasteiger partial charge in [0.25, 0.3) is 0 Å². The fourth-order valence-electron chi connectivity index (χ4n) is 2.56. The van der Waals surface area contributed by atoms with Crippen molar-refractivity contribution in [3.05, 3.63) is 18.2 Å². The zero-order chi connectivity index (χ0) is 13.5. The van der Waals surface area contributed by atoms with Gasteiger partial charge in [0.05, 0.1) is 0 Å². The summed E-state index contributed by atoms with van der Waals surface area (Å²) < 4.78 is 0. The molecule has 2 rings (SSSR count). The van der Waals surface area contributed by atoms with E-state index in [4.69, 9.17) is 0 Å². The molecule has 2 N–H and O–H groups in total. The van der Waals surface area contributed by atoms with E-state index in [1.807, 2.05) is 18.2 Å². The molecule has 1 atom stereocenters. The third kappa shape index (κ3) is 4.71. The molecule has 0 spiro atoms. The van der Waals surface area contributed by atoms with Crippen LogP contribution in [-0.4, -0.2) is 42.6 Å². The molecule has 1 saturated heterocycles. The lowest BCUT2D eigenvalue weighted by Crippen LogP contribution is -2.29. The van der Waals surface area contributed by atoms with Crippen molar-refractivity contribution in [1.82, 2.24) is 9.88 Å². The normalized spacial score (nSPS) is 17.4. The van der Waals surface area contributed by atoms with Crippen molar-refractivity contribution in [1.29, 1.82) is 0 Å². The third-order valence-electron chi connectivity index (χ3n) is 3.51. The van der Waals surface area contributed by atoms with E-state index in [1.165, 1.54) is 32.5 Å². The number of anilines is 2. The minimum absolute atomic E-state index is 0.655. The van der Waals surface area contributed by atoms with Crippen molar-refractivity contribution in [3.8, 4) is 0 Å². The molecule has 1 aromatic rings. The first-order chi connectivity index (χ1) is 9.28. The molecule has 1 aliphatic rings. The van der Waals surface area contributed by atoms with Gasteiger partial charge in [-0.15, -0.1) is 0 Å². The van der Waals surface area contributed by atoms with E-state index in [9.17, 15) is 0 Å². The summed E-state index contributed by atoms with van der Waals surface area (Å²) in [6.07, 6.45) is 2.73. The first-order valence-corrected chi connectivity index (χ1v) is 7.45. The Kier molecular flexibility index (Phi) is 5.45. The maximum absolute atomic E-state index is 4.53. The van der Waals surface area contributed by atoms with Gasteiger partial charge in [0.15, 0.2) is 0 Å². The highest BCUT2D eigenvalue weighted by Crippen LogP contribution is 2.12. The van der Waals surface area contributed by atoms with Gasteiger partial charge in [-0.05, 0) is 50.9 Å². The molecule has 0 aromatic carbocycles. The summed E-state index contributed by atoms with van der Waals surface area (Å²) in [7, 11) is 0. The van der Waals surface area contributed by atoms with Crippen LogP contribution in [0.5, 0.6) is 0 Å². The summed E-state index contributed by atoms with van der Waals surface area (Å²) in [4.78, 5) is 7.09. The van der Waals surface area contributed by atoms with Gasteiger partial charge >= 0.3 is 0 Å². The van der Waals surface area contributed by atoms with E-state index in [0.717, 1.165) is 24.7 Å². The summed E-state index contributed by atoms with van der Waals surface area (Å²) in [6.45, 7) is 10.0. The first kappa shape index (κ1) is 14.1. The second-order valence-corrected chi connectivity index (χ2v) is 5.43. The molecule has 1 aromatic heterocycles. The molecular weight excluding hydrogens is 236 g/mol. The largest absolute Gasteiger partial charge is 0.370 e. The zero-order valence-electron chi connectivity index (χ0n) is 12.2. The quantitative estimate of drug-likeness (QED) is 0.792. The minimum Gasteiger partial charge on any atom is -0.370 e. The number of rotatable bonds is 7. The fraction of sp³-hybridized carbons (Fsp3) is 0.667. The van der Waals surface area contributed by atoms with Crippen LogP contribution in [0.25, 0.3) is 0 Å². The van der Waals surface area contributed by atoms with E-state index in [2.05, 4.69) is 34.4 Å². The summed E-state index contributed by atoms with van der Waals surface area (Å²) in [5.74, 6) is 2.56. The van der Waals surface area contributed by atoms with Crippen LogP contribution in [0.1, 0.15) is 26.7 Å². The Morgan fingerprint density at radius 2 is 1.89 bits per heavy atom. The monoisotopic (exact) mass is 262 g/mol. The lowest BCUT2D eigenvalue weighted by atomic mass is 10.1. The molecular formula is C15H26N4. The lowest BCUT2D eigenvalue weighted by molar-refractivity contribution is 0.294. The van der Waals surface area contributed by atoms with Crippen molar-refractivity contribution < 1.29 is 0 Å². The van der Waals surface area contributed by atoms with Crippen LogP contribution in [0.15, 0.2) is 18.2 Å². The van der Waals surface area contributed by atoms with Gasteiger partial charge in [0, 0.05) is 19.6 Å². The summed E-state index contributed by atoms with van der Waals surface area (Å²) >= 11 is 0. The molecule has 1 unspecified atom stereocenters. The molecule has 0 amide bonds. The summed E-state index contributed by atoms with van der Waals surface area (Å²) in [6, 6.07) is 6.07. The molecule has 19 heavy (non-hydrogen) atoms. The molecule has 0 bridgehead atoms. The number of pyridine rings is 1. The molecule has 0 aliphatic carbocycles. The Bertz CT molecular complexity index is 374. The van der Waals surface area contributed by atoms with Crippen LogP contribution < -0.4 is 10.6 Å². The topological polar surface area (TPSA) is 40.2 Å². The standard InChI is InChI=1S/C15H26N4/c1-3-16-14-7-6-8-15(18-14)17-11-13(2)12-19-9-4-5-10-19/h6-8,13H,3-5,9-12H2,1-2H3,(H2,16,17,18). The van der Waals surface area contributed by atoms with Crippen LogP contribution in [0, 0.1) is 5.92 Å². The van der Waals surface area contributed by atoms with Crippen molar-refractivity contribution >= 4 is 11.6 Å². The number of nitrogens with zero attached hydrogens (tertiary/aromatic N) is 2. The number of hydrogen-bond acceptors (Lipinski definition) is 4. The number of likely N-dealkylation sites (tertiary alicyclic amines) is 1. The summed E-state index contributed by atoms with van der Waals surface area (Å²) in [5.41, 5.74) is 0. The maximum Gasteiger partial charge on any atom is 0.128 e. The Morgan fingerprint density at radius 3 is 2.58 bits per heavy atom. The fourth-order valence-corrected chi connectivity index (χ4v) is 2.56. The van der Waals surface area contributed by atoms with Crippen molar-refractivity contribution in [2.75, 3.05) is 43.4 Å². The maximum atomic E-state index is 4.53. The van der Waals surface area contributed by atoms with Gasteiger partial charge in [0.2, 0.25) is 0 Å². The Balaban J connectivity index is 1.75. The zero-order valence-corrected chi connectivity index (χ0v) is 12.2. The van der Waals surface area contributed by atoms with Gasteiger partial charge in [-0.2, -0.15) is 0 Å². The van der Waals surface area contributed by atoms with E-state index in [0.29, 0.717) is 5.92 Å². The van der Waals surface area contributed by atoms with Crippen molar-refractivity contribution in [3.63, 3.8) is 0 Å². The van der Waals surface area contributed by atoms with E-state index in [1.54, 1.807) is 0 Å². The highest BCUT2D eigenvalue weighted by molar-refractivity contribution is 5.44. The smallest absolute Gasteiger partial charge is 0.128 e. The Labute approximate surface area is 116 Å². The van der Waals surface area contributed by atoms with Crippen LogP contribution in [0.3, 0.4) is 0 Å². The molecule has 0 radical (unpaired) electrons. The molecule has 0 saturated carbocycles. The molecule has 1 aliphatic heterocycles. The molecule has 4 nitrogen and oxygen atoms in total. The van der Waals surface area contributed by atoms with Crippen LogP contribution in [0.2, 0.25) is 0 Å². The predicted octanol–water partition coefficient (Wildman–Crippen LogP) is 2.66. The first-order valence-electron chi connectivity index (χ1n) is 7.45. The van der Waals surface area contributed by atoms with Gasteiger partial charge in [-0.25, -0.2) is 4.98 Å². The van der Waals surface area contributed by atoms with Crippen LogP contribution in [0.4, 0.5) is 11.6 Å². The minimum atomic E-state index is 0.655. The Hall–Kier alpha value is -1.29. The van der Waals surface area contributed by atoms with E-state index in [-0.39, 0.29) is 0 Å². The Morgan fingerprint density at radius 1 is 1.21 bits per heavy atom. The van der Waals surface area contributed by atoms with Crippen LogP contribution in [-0.2, 0) is 0 Å². The van der Waals surface area contributed by atoms with Gasteiger partial charge < -0.3 is 15.5 Å². The number of nitrogens with one attached hydrogen (secondary N) is 2. The van der Waals surface area contributed by atoms with Gasteiger partial charge in [0.1, 0.15) is 11.6 Å². The third-order valence-corrected chi connectivity index (χ3v) is 3.51. The SMILES string of the molecule is CCNc1cccc(NCC(C)CN2CCCC2)n1. The van der Waals surface area contributed by atoms with E-state index < -0.39 is 0 Å². The molecule has 106 valence electrons.